The Bertz CT molecular complexity index is 186. The molecule has 0 unspecified atom stereocenters. The minimum Gasteiger partial charge on any atom is -0.363 e. The van der Waals surface area contributed by atoms with Gasteiger partial charge in [0.25, 0.3) is 0 Å². The van der Waals surface area contributed by atoms with Gasteiger partial charge in [0.05, 0.1) is 0 Å². The maximum Gasteiger partial charge on any atom is 0.166 e. The third-order valence-corrected chi connectivity index (χ3v) is 1.14. The first-order valence-corrected chi connectivity index (χ1v) is 3.43. The molecular formula is C8H16N3+. The molecule has 0 heterocycles. The third kappa shape index (κ3) is 4.31. The van der Waals surface area contributed by atoms with Gasteiger partial charge in [-0.25, -0.2) is 9.57 Å². The Morgan fingerprint density at radius 2 is 2.00 bits per heavy atom. The maximum atomic E-state index is 3.84. The van der Waals surface area contributed by atoms with Crippen LogP contribution in [0.4, 0.5) is 0 Å². The minimum absolute atomic E-state index is 0.860. The zero-order chi connectivity index (χ0) is 8.85. The second-order valence-corrected chi connectivity index (χ2v) is 2.69. The van der Waals surface area contributed by atoms with E-state index in [9.17, 15) is 0 Å². The number of aliphatic imine (C=N–C) groups is 1. The topological polar surface area (TPSA) is 18.6 Å². The Balaban J connectivity index is 4.36. The fourth-order valence-electron chi connectivity index (χ4n) is 0.559. The van der Waals surface area contributed by atoms with Crippen LogP contribution >= 0.6 is 0 Å². The summed E-state index contributed by atoms with van der Waals surface area (Å²) < 4.78 is 1.95. The van der Waals surface area contributed by atoms with Crippen LogP contribution in [-0.4, -0.2) is 50.6 Å². The molecule has 3 nitrogen and oxygen atoms in total. The van der Waals surface area contributed by atoms with Crippen LogP contribution in [0.2, 0.25) is 0 Å². The Kier molecular flexibility index (Phi) is 4.18. The number of nitrogens with zero attached hydrogens (tertiary/aromatic N) is 3. The van der Waals surface area contributed by atoms with Crippen LogP contribution in [0.1, 0.15) is 0 Å². The number of rotatable bonds is 3. The van der Waals surface area contributed by atoms with Crippen LogP contribution in [0.5, 0.6) is 0 Å². The molecule has 62 valence electrons. The minimum atomic E-state index is 0.860. The van der Waals surface area contributed by atoms with Crippen molar-refractivity contribution in [1.82, 2.24) is 4.90 Å². The van der Waals surface area contributed by atoms with E-state index in [2.05, 4.69) is 11.7 Å². The monoisotopic (exact) mass is 154 g/mol. The van der Waals surface area contributed by atoms with Crippen molar-refractivity contribution < 1.29 is 4.58 Å². The van der Waals surface area contributed by atoms with E-state index in [0.717, 1.165) is 5.82 Å². The summed E-state index contributed by atoms with van der Waals surface area (Å²) in [5.41, 5.74) is 0. The standard InChI is InChI=1S/C8H16N3/c1-9-8(11(4)5)6-7-10(2)3/h6-7H,1H2,2-5H3/q+1. The quantitative estimate of drug-likeness (QED) is 0.426. The molecule has 0 aliphatic rings. The maximum absolute atomic E-state index is 3.84. The van der Waals surface area contributed by atoms with E-state index in [1.165, 1.54) is 0 Å². The Hall–Kier alpha value is -1.12. The lowest BCUT2D eigenvalue weighted by molar-refractivity contribution is -0.458. The van der Waals surface area contributed by atoms with Crippen LogP contribution in [0.25, 0.3) is 0 Å². The summed E-state index contributed by atoms with van der Waals surface area (Å²) >= 11 is 0. The zero-order valence-electron chi connectivity index (χ0n) is 7.70. The second-order valence-electron chi connectivity index (χ2n) is 2.69. The first-order valence-electron chi connectivity index (χ1n) is 3.43. The molecule has 3 heteroatoms. The van der Waals surface area contributed by atoms with Crippen LogP contribution in [0.15, 0.2) is 16.9 Å². The molecule has 0 aliphatic carbocycles. The highest BCUT2D eigenvalue weighted by atomic mass is 15.2. The predicted molar refractivity (Wildman–Crippen MR) is 49.5 cm³/mol. The molecule has 0 aromatic heterocycles. The highest BCUT2D eigenvalue weighted by Gasteiger charge is 1.93. The van der Waals surface area contributed by atoms with Gasteiger partial charge in [-0.1, -0.05) is 0 Å². The van der Waals surface area contributed by atoms with Crippen molar-refractivity contribution in [2.24, 2.45) is 4.99 Å². The zero-order valence-corrected chi connectivity index (χ0v) is 7.70. The van der Waals surface area contributed by atoms with Crippen molar-refractivity contribution in [3.05, 3.63) is 11.9 Å². The van der Waals surface area contributed by atoms with E-state index in [1.807, 2.05) is 50.0 Å². The summed E-state index contributed by atoms with van der Waals surface area (Å²) in [4.78, 5) is 5.75. The van der Waals surface area contributed by atoms with E-state index in [1.54, 1.807) is 0 Å². The smallest absolute Gasteiger partial charge is 0.166 e. The summed E-state index contributed by atoms with van der Waals surface area (Å²) in [7, 11) is 7.80. The van der Waals surface area contributed by atoms with Crippen molar-refractivity contribution in [3.8, 4) is 0 Å². The molecule has 0 saturated carbocycles. The molecule has 0 amide bonds. The van der Waals surface area contributed by atoms with E-state index in [0.29, 0.717) is 0 Å². The van der Waals surface area contributed by atoms with Crippen LogP contribution in [0, 0.1) is 0 Å². The molecule has 0 bridgehead atoms. The van der Waals surface area contributed by atoms with Gasteiger partial charge < -0.3 is 4.90 Å². The molecule has 0 aromatic carbocycles. The fourth-order valence-corrected chi connectivity index (χ4v) is 0.559. The highest BCUT2D eigenvalue weighted by Crippen LogP contribution is 1.95. The summed E-state index contributed by atoms with van der Waals surface area (Å²) in [6.07, 6.45) is 3.84. The van der Waals surface area contributed by atoms with Gasteiger partial charge in [0.15, 0.2) is 6.21 Å². The van der Waals surface area contributed by atoms with Crippen LogP contribution in [-0.2, 0) is 0 Å². The third-order valence-electron chi connectivity index (χ3n) is 1.14. The van der Waals surface area contributed by atoms with Crippen LogP contribution in [0.3, 0.4) is 0 Å². The van der Waals surface area contributed by atoms with Gasteiger partial charge in [-0.05, 0) is 6.72 Å². The Labute approximate surface area is 68.4 Å². The average Bonchev–Trinajstić information content (AvgIpc) is 1.87. The van der Waals surface area contributed by atoms with E-state index in [4.69, 9.17) is 0 Å². The van der Waals surface area contributed by atoms with Gasteiger partial charge in [0.1, 0.15) is 19.9 Å². The summed E-state index contributed by atoms with van der Waals surface area (Å²) in [5, 5.41) is 0. The molecule has 0 saturated heterocycles. The Morgan fingerprint density at radius 3 is 2.27 bits per heavy atom. The largest absolute Gasteiger partial charge is 0.363 e. The molecule has 0 N–H and O–H groups in total. The van der Waals surface area contributed by atoms with Crippen molar-refractivity contribution >= 4 is 12.9 Å². The molecule has 11 heavy (non-hydrogen) atoms. The molecule has 0 aromatic rings. The molecule has 0 radical (unpaired) electrons. The van der Waals surface area contributed by atoms with E-state index < -0.39 is 0 Å². The van der Waals surface area contributed by atoms with Crippen molar-refractivity contribution in [2.75, 3.05) is 28.2 Å². The van der Waals surface area contributed by atoms with Gasteiger partial charge in [-0.15, -0.1) is 0 Å². The number of hydrogen-bond acceptors (Lipinski definition) is 2. The predicted octanol–water partition coefficient (Wildman–Crippen LogP) is 0.433. The normalized spacial score (nSPS) is 10.7. The number of hydrogen-bond donors (Lipinski definition) is 0. The first kappa shape index (κ1) is 9.88. The van der Waals surface area contributed by atoms with Crippen molar-refractivity contribution in [3.63, 3.8) is 0 Å². The molecule has 0 spiro atoms. The SMILES string of the molecule is C=NC(=CC=[N+](C)C)N(C)C. The van der Waals surface area contributed by atoms with E-state index in [-0.39, 0.29) is 0 Å². The highest BCUT2D eigenvalue weighted by molar-refractivity contribution is 5.67. The number of allylic oxidation sites excluding steroid dienone is 1. The summed E-state index contributed by atoms with van der Waals surface area (Å²) in [6.45, 7) is 3.46. The molecule has 0 atom stereocenters. The molecule has 0 fully saturated rings. The van der Waals surface area contributed by atoms with E-state index >= 15 is 0 Å². The lowest BCUT2D eigenvalue weighted by atomic mass is 10.5. The van der Waals surface area contributed by atoms with Gasteiger partial charge in [-0.2, -0.15) is 0 Å². The summed E-state index contributed by atoms with van der Waals surface area (Å²) in [6, 6.07) is 0. The van der Waals surface area contributed by atoms with Crippen molar-refractivity contribution in [2.45, 2.75) is 0 Å². The average molecular weight is 154 g/mol. The summed E-state index contributed by atoms with van der Waals surface area (Å²) in [5.74, 6) is 0.860. The van der Waals surface area contributed by atoms with Gasteiger partial charge in [-0.3, -0.25) is 0 Å². The molecular weight excluding hydrogens is 138 g/mol. The van der Waals surface area contributed by atoms with Crippen LogP contribution < -0.4 is 0 Å². The molecule has 0 rings (SSSR count). The van der Waals surface area contributed by atoms with Gasteiger partial charge in [0.2, 0.25) is 0 Å². The second kappa shape index (κ2) is 4.66. The fraction of sp³-hybridized carbons (Fsp3) is 0.500. The first-order chi connectivity index (χ1) is 5.07. The lowest BCUT2D eigenvalue weighted by Crippen LogP contribution is -2.10. The molecule has 0 aliphatic heterocycles. The van der Waals surface area contributed by atoms with Crippen molar-refractivity contribution in [1.29, 1.82) is 0 Å². The Morgan fingerprint density at radius 1 is 1.45 bits per heavy atom. The lowest BCUT2D eigenvalue weighted by Gasteiger charge is -2.09. The van der Waals surface area contributed by atoms with Gasteiger partial charge in [0, 0.05) is 20.2 Å². The van der Waals surface area contributed by atoms with Gasteiger partial charge >= 0.3 is 0 Å².